The topological polar surface area (TPSA) is 47.5 Å². The van der Waals surface area contributed by atoms with Crippen molar-refractivity contribution in [1.29, 1.82) is 0 Å². The van der Waals surface area contributed by atoms with Crippen molar-refractivity contribution >= 4 is 10.8 Å². The summed E-state index contributed by atoms with van der Waals surface area (Å²) in [6.45, 7) is 1.97. The highest BCUT2D eigenvalue weighted by Crippen LogP contribution is 2.30. The molecule has 0 aliphatic carbocycles. The van der Waals surface area contributed by atoms with Gasteiger partial charge in [-0.2, -0.15) is 5.17 Å². The molecule has 0 radical (unpaired) electrons. The van der Waals surface area contributed by atoms with Crippen LogP contribution in [0.1, 0.15) is 18.4 Å². The first kappa shape index (κ1) is 16.4. The van der Waals surface area contributed by atoms with Gasteiger partial charge in [0.05, 0.1) is 6.04 Å². The molecule has 2 heterocycles. The molecule has 1 unspecified atom stereocenters. The molecule has 2 aromatic carbocycles. The second kappa shape index (κ2) is 6.71. The highest BCUT2D eigenvalue weighted by atomic mass is 19.2. The van der Waals surface area contributed by atoms with E-state index in [0.717, 1.165) is 36.7 Å². The molecule has 0 bridgehead atoms. The quantitative estimate of drug-likeness (QED) is 0.800. The maximum Gasteiger partial charge on any atom is 0.159 e. The summed E-state index contributed by atoms with van der Waals surface area (Å²) in [4.78, 5) is 0. The van der Waals surface area contributed by atoms with Crippen LogP contribution in [0.3, 0.4) is 0 Å². The van der Waals surface area contributed by atoms with Gasteiger partial charge >= 0.3 is 0 Å². The van der Waals surface area contributed by atoms with Crippen LogP contribution in [0.2, 0.25) is 0 Å². The first-order valence-corrected chi connectivity index (χ1v) is 8.64. The van der Waals surface area contributed by atoms with E-state index in [4.69, 9.17) is 0 Å². The molecule has 1 atom stereocenters. The summed E-state index contributed by atoms with van der Waals surface area (Å²) in [6, 6.07) is 8.10. The van der Waals surface area contributed by atoms with Crippen LogP contribution in [0.25, 0.3) is 10.8 Å². The molecule has 0 amide bonds. The summed E-state index contributed by atoms with van der Waals surface area (Å²) in [7, 11) is 0. The van der Waals surface area contributed by atoms with Crippen LogP contribution in [0.4, 0.5) is 8.78 Å². The van der Waals surface area contributed by atoms with E-state index in [1.165, 1.54) is 17.7 Å². The zero-order valence-electron chi connectivity index (χ0n) is 13.8. The van der Waals surface area contributed by atoms with Crippen LogP contribution < -0.4 is 10.7 Å². The summed E-state index contributed by atoms with van der Waals surface area (Å²) in [6.07, 6.45) is 4.57. The summed E-state index contributed by atoms with van der Waals surface area (Å²) in [5.41, 5.74) is 5.28. The predicted octanol–water partition coefficient (Wildman–Crippen LogP) is 3.12. The average molecular weight is 345 g/mol. The highest BCUT2D eigenvalue weighted by Gasteiger charge is 2.30. The van der Waals surface area contributed by atoms with Crippen molar-refractivity contribution in [3.63, 3.8) is 0 Å². The Morgan fingerprint density at radius 2 is 1.76 bits per heavy atom. The number of rotatable bonds is 3. The average Bonchev–Trinajstić information content (AvgIpc) is 2.97. The Balaban J connectivity index is 1.57. The number of piperidine rings is 1. The fourth-order valence-electron chi connectivity index (χ4n) is 3.87. The lowest BCUT2D eigenvalue weighted by Crippen LogP contribution is -2.38. The fourth-order valence-corrected chi connectivity index (χ4v) is 3.87. The Hall–Kier alpha value is -2.02. The third-order valence-electron chi connectivity index (χ3n) is 5.16. The molecule has 0 saturated carbocycles. The molecule has 4 nitrogen and oxygen atoms in total. The van der Waals surface area contributed by atoms with Crippen molar-refractivity contribution < 1.29 is 14.0 Å². The summed E-state index contributed by atoms with van der Waals surface area (Å²) in [5.74, 6) is -1.21. The number of hydrazine groups is 1. The number of hydrogen-bond donors (Lipinski definition) is 3. The zero-order chi connectivity index (χ0) is 17.4. The number of hydrogen-bond acceptors (Lipinski definition) is 4. The van der Waals surface area contributed by atoms with E-state index in [9.17, 15) is 14.0 Å². The van der Waals surface area contributed by atoms with E-state index in [1.807, 2.05) is 18.2 Å². The summed E-state index contributed by atoms with van der Waals surface area (Å²) in [5, 5.41) is 15.6. The van der Waals surface area contributed by atoms with Crippen molar-refractivity contribution in [2.24, 2.45) is 5.92 Å². The molecule has 4 rings (SSSR count). The third-order valence-corrected chi connectivity index (χ3v) is 5.16. The van der Waals surface area contributed by atoms with Crippen molar-refractivity contribution in [2.45, 2.75) is 25.3 Å². The van der Waals surface area contributed by atoms with E-state index in [1.54, 1.807) is 6.20 Å². The van der Waals surface area contributed by atoms with Gasteiger partial charge in [-0.1, -0.05) is 18.2 Å². The van der Waals surface area contributed by atoms with Crippen molar-refractivity contribution in [3.8, 4) is 0 Å². The van der Waals surface area contributed by atoms with Crippen LogP contribution in [-0.4, -0.2) is 29.5 Å². The van der Waals surface area contributed by atoms with Gasteiger partial charge in [-0.3, -0.25) is 5.21 Å². The molecule has 0 spiro atoms. The van der Waals surface area contributed by atoms with Crippen LogP contribution in [-0.2, 0) is 6.42 Å². The van der Waals surface area contributed by atoms with Crippen LogP contribution in [0.5, 0.6) is 0 Å². The Kier molecular flexibility index (Phi) is 4.41. The Bertz CT molecular complexity index is 818. The molecule has 132 valence electrons. The van der Waals surface area contributed by atoms with Gasteiger partial charge in [0.15, 0.2) is 11.6 Å². The fraction of sp³-hybridized carbons (Fsp3) is 0.368. The van der Waals surface area contributed by atoms with E-state index < -0.39 is 11.6 Å². The van der Waals surface area contributed by atoms with Gasteiger partial charge in [-0.15, -0.1) is 0 Å². The molecule has 3 N–H and O–H groups in total. The first-order chi connectivity index (χ1) is 12.1. The second-order valence-corrected chi connectivity index (χ2v) is 6.83. The van der Waals surface area contributed by atoms with Gasteiger partial charge in [-0.25, -0.2) is 14.2 Å². The maximum atomic E-state index is 13.5. The minimum atomic E-state index is -0.833. The number of nitrogens with one attached hydrogen (secondary N) is 2. The molecule has 25 heavy (non-hydrogen) atoms. The van der Waals surface area contributed by atoms with Gasteiger partial charge in [-0.05, 0) is 72.3 Å². The molecule has 2 aromatic rings. The number of halogens is 2. The van der Waals surface area contributed by atoms with Crippen molar-refractivity contribution in [3.05, 3.63) is 59.3 Å². The number of benzene rings is 2. The Morgan fingerprint density at radius 1 is 1.04 bits per heavy atom. The van der Waals surface area contributed by atoms with E-state index in [-0.39, 0.29) is 6.04 Å². The molecule has 0 aromatic heterocycles. The third kappa shape index (κ3) is 3.38. The summed E-state index contributed by atoms with van der Waals surface area (Å²) >= 11 is 0. The molecular weight excluding hydrogens is 324 g/mol. The minimum absolute atomic E-state index is 0.0100. The molecule has 2 aliphatic heterocycles. The predicted molar refractivity (Wildman–Crippen MR) is 91.8 cm³/mol. The molecular formula is C19H21F2N3O. The second-order valence-electron chi connectivity index (χ2n) is 6.83. The molecule has 6 heteroatoms. The van der Waals surface area contributed by atoms with Gasteiger partial charge in [0, 0.05) is 6.20 Å². The maximum absolute atomic E-state index is 13.5. The van der Waals surface area contributed by atoms with Crippen molar-refractivity contribution in [1.82, 2.24) is 15.9 Å². The Morgan fingerprint density at radius 3 is 2.52 bits per heavy atom. The number of nitrogens with zero attached hydrogens (tertiary/aromatic N) is 1. The molecule has 1 saturated heterocycles. The zero-order valence-corrected chi connectivity index (χ0v) is 13.8. The highest BCUT2D eigenvalue weighted by molar-refractivity contribution is 5.83. The Labute approximate surface area is 145 Å². The minimum Gasteiger partial charge on any atom is -0.317 e. The van der Waals surface area contributed by atoms with E-state index >= 15 is 0 Å². The van der Waals surface area contributed by atoms with Crippen molar-refractivity contribution in [2.75, 3.05) is 13.1 Å². The smallest absolute Gasteiger partial charge is 0.159 e. The van der Waals surface area contributed by atoms with Crippen LogP contribution >= 0.6 is 0 Å². The van der Waals surface area contributed by atoms with Crippen LogP contribution in [0, 0.1) is 17.6 Å². The molecule has 2 aliphatic rings. The van der Waals surface area contributed by atoms with E-state index in [2.05, 4.69) is 10.7 Å². The van der Waals surface area contributed by atoms with Crippen LogP contribution in [0.15, 0.2) is 42.1 Å². The summed E-state index contributed by atoms with van der Waals surface area (Å²) < 4.78 is 26.8. The lowest BCUT2D eigenvalue weighted by atomic mass is 9.84. The standard InChI is InChI=1S/C19H21F2N3O/c20-17-9-14-2-1-12(7-15(14)10-18(17)21)8-19-16(11-24(25)23-19)13-3-5-22-6-4-13/h1-2,7,9-11,13,19,22-23,25H,3-6,8H2. The number of fused-ring (bicyclic) bond motifs is 1. The number of hydroxylamine groups is 1. The van der Waals surface area contributed by atoms with E-state index in [0.29, 0.717) is 23.1 Å². The SMILES string of the molecule is ON1C=C(C2CCNCC2)C(Cc2ccc3cc(F)c(F)cc3c2)N1. The lowest BCUT2D eigenvalue weighted by molar-refractivity contribution is -0.0839. The molecule has 1 fully saturated rings. The first-order valence-electron chi connectivity index (χ1n) is 8.64. The van der Waals surface area contributed by atoms with Gasteiger partial charge in [0.2, 0.25) is 0 Å². The monoisotopic (exact) mass is 345 g/mol. The lowest BCUT2D eigenvalue weighted by Gasteiger charge is -2.27. The largest absolute Gasteiger partial charge is 0.317 e. The normalized spacial score (nSPS) is 21.8. The van der Waals surface area contributed by atoms with Gasteiger partial charge in [0.25, 0.3) is 0 Å². The van der Waals surface area contributed by atoms with Gasteiger partial charge < -0.3 is 5.32 Å². The van der Waals surface area contributed by atoms with Gasteiger partial charge in [0.1, 0.15) is 0 Å².